The average Bonchev–Trinajstić information content (AvgIpc) is 2.40. The number of phenols is 1. The van der Waals surface area contributed by atoms with Crippen molar-refractivity contribution < 1.29 is 5.11 Å². The summed E-state index contributed by atoms with van der Waals surface area (Å²) in [5.74, 6) is 1.30. The molecule has 0 aromatic heterocycles. The van der Waals surface area contributed by atoms with E-state index in [-0.39, 0.29) is 24.0 Å². The predicted octanol–water partition coefficient (Wildman–Crippen LogP) is 2.87. The van der Waals surface area contributed by atoms with E-state index in [0.717, 1.165) is 24.4 Å². The average molecular weight is 403 g/mol. The Bertz CT molecular complexity index is 502. The maximum absolute atomic E-state index is 10.2. The van der Waals surface area contributed by atoms with Crippen LogP contribution in [0.4, 0.5) is 0 Å². The van der Waals surface area contributed by atoms with Crippen LogP contribution in [-0.2, 0) is 19.4 Å². The van der Waals surface area contributed by atoms with Crippen LogP contribution in [0.5, 0.6) is 5.75 Å². The molecule has 0 unspecified atom stereocenters. The molecule has 0 aliphatic heterocycles. The Morgan fingerprint density at radius 3 is 2.33 bits per heavy atom. The van der Waals surface area contributed by atoms with Gasteiger partial charge in [0.05, 0.1) is 6.54 Å². The van der Waals surface area contributed by atoms with Gasteiger partial charge in [-0.15, -0.1) is 24.0 Å². The Kier molecular flexibility index (Phi) is 6.77. The van der Waals surface area contributed by atoms with Gasteiger partial charge >= 0.3 is 0 Å². The van der Waals surface area contributed by atoms with Gasteiger partial charge in [0.1, 0.15) is 5.75 Å². The third-order valence-electron chi connectivity index (χ3n) is 3.80. The van der Waals surface area contributed by atoms with Crippen LogP contribution in [0.15, 0.2) is 17.1 Å². The van der Waals surface area contributed by atoms with Crippen LogP contribution < -0.4 is 0 Å². The lowest BCUT2D eigenvalue weighted by Crippen LogP contribution is -2.35. The lowest BCUT2D eigenvalue weighted by molar-refractivity contribution is 0.461. The van der Waals surface area contributed by atoms with Gasteiger partial charge in [0.25, 0.3) is 0 Å². The molecule has 0 heterocycles. The van der Waals surface area contributed by atoms with Crippen LogP contribution in [0.3, 0.4) is 0 Å². The number of hydrogen-bond donors (Lipinski definition) is 1. The molecule has 0 atom stereocenters. The first-order chi connectivity index (χ1) is 9.50. The summed E-state index contributed by atoms with van der Waals surface area (Å²) >= 11 is 0. The molecule has 0 amide bonds. The number of halogens is 1. The molecule has 1 N–H and O–H groups in total. The largest absolute Gasteiger partial charge is 0.508 e. The van der Waals surface area contributed by atoms with E-state index in [0.29, 0.717) is 12.3 Å². The molecule has 0 bridgehead atoms. The Morgan fingerprint density at radius 1 is 1.10 bits per heavy atom. The minimum absolute atomic E-state index is 0. The van der Waals surface area contributed by atoms with E-state index in [1.807, 2.05) is 44.1 Å². The summed E-state index contributed by atoms with van der Waals surface area (Å²) in [7, 11) is 7.94. The molecule has 0 spiro atoms. The Balaban J connectivity index is 0.00000220. The van der Waals surface area contributed by atoms with Crippen LogP contribution in [-0.4, -0.2) is 49.1 Å². The van der Waals surface area contributed by atoms with Gasteiger partial charge in [-0.2, -0.15) is 0 Å². The summed E-state index contributed by atoms with van der Waals surface area (Å²) in [6.45, 7) is 0.542. The zero-order valence-electron chi connectivity index (χ0n) is 13.4. The fraction of sp³-hybridized carbons (Fsp3) is 0.562. The van der Waals surface area contributed by atoms with Gasteiger partial charge in [0, 0.05) is 33.8 Å². The lowest BCUT2D eigenvalue weighted by atomic mass is 9.88. The molecule has 0 radical (unpaired) electrons. The van der Waals surface area contributed by atoms with Gasteiger partial charge in [0.15, 0.2) is 5.96 Å². The quantitative estimate of drug-likeness (QED) is 0.469. The second-order valence-electron chi connectivity index (χ2n) is 5.81. The monoisotopic (exact) mass is 403 g/mol. The highest BCUT2D eigenvalue weighted by molar-refractivity contribution is 14.0. The van der Waals surface area contributed by atoms with Crippen LogP contribution in [0.2, 0.25) is 0 Å². The number of fused-ring (bicyclic) bond motifs is 1. The molecule has 1 aromatic carbocycles. The van der Waals surface area contributed by atoms with Crippen LogP contribution >= 0.6 is 24.0 Å². The van der Waals surface area contributed by atoms with E-state index in [1.165, 1.54) is 24.0 Å². The van der Waals surface area contributed by atoms with Crippen molar-refractivity contribution in [3.8, 4) is 5.75 Å². The maximum atomic E-state index is 10.2. The highest BCUT2D eigenvalue weighted by Crippen LogP contribution is 2.31. The van der Waals surface area contributed by atoms with Gasteiger partial charge in [-0.3, -0.25) is 0 Å². The predicted molar refractivity (Wildman–Crippen MR) is 98.7 cm³/mol. The summed E-state index contributed by atoms with van der Waals surface area (Å²) < 4.78 is 0. The van der Waals surface area contributed by atoms with Gasteiger partial charge in [0.2, 0.25) is 0 Å². The molecule has 21 heavy (non-hydrogen) atoms. The number of aliphatic imine (C=N–C) groups is 1. The molecular formula is C16H26IN3O. The molecule has 1 aromatic rings. The van der Waals surface area contributed by atoms with Crippen molar-refractivity contribution >= 4 is 29.9 Å². The normalized spacial score (nSPS) is 13.0. The van der Waals surface area contributed by atoms with Gasteiger partial charge in [-0.1, -0.05) is 6.07 Å². The van der Waals surface area contributed by atoms with E-state index in [4.69, 9.17) is 0 Å². The standard InChI is InChI=1S/C16H25N3O.HI/c1-18(2)16(19(3)4)17-11-14-13-8-6-5-7-12(13)9-10-15(14)20;/h9-10,20H,5-8,11H2,1-4H3;1H. The lowest BCUT2D eigenvalue weighted by Gasteiger charge is -2.24. The van der Waals surface area contributed by atoms with Crippen LogP contribution in [0.25, 0.3) is 0 Å². The van der Waals surface area contributed by atoms with E-state index in [1.54, 1.807) is 0 Å². The molecular weight excluding hydrogens is 377 g/mol. The van der Waals surface area contributed by atoms with Crippen molar-refractivity contribution in [3.05, 3.63) is 28.8 Å². The second-order valence-corrected chi connectivity index (χ2v) is 5.81. The van der Waals surface area contributed by atoms with Crippen LogP contribution in [0, 0.1) is 0 Å². The van der Waals surface area contributed by atoms with Crippen molar-refractivity contribution in [2.45, 2.75) is 32.2 Å². The summed E-state index contributed by atoms with van der Waals surface area (Å²) in [6.07, 6.45) is 4.65. The molecule has 2 rings (SSSR count). The number of aromatic hydroxyl groups is 1. The van der Waals surface area contributed by atoms with Crippen molar-refractivity contribution in [2.75, 3.05) is 28.2 Å². The number of guanidine groups is 1. The van der Waals surface area contributed by atoms with E-state index >= 15 is 0 Å². The summed E-state index contributed by atoms with van der Waals surface area (Å²) in [5, 5.41) is 10.2. The van der Waals surface area contributed by atoms with E-state index < -0.39 is 0 Å². The van der Waals surface area contributed by atoms with Crippen molar-refractivity contribution in [1.82, 2.24) is 9.80 Å². The fourth-order valence-corrected chi connectivity index (χ4v) is 2.90. The number of nitrogens with zero attached hydrogens (tertiary/aromatic N) is 3. The Labute approximate surface area is 144 Å². The van der Waals surface area contributed by atoms with Crippen molar-refractivity contribution in [1.29, 1.82) is 0 Å². The third kappa shape index (κ3) is 4.25. The van der Waals surface area contributed by atoms with Crippen molar-refractivity contribution in [3.63, 3.8) is 0 Å². The van der Waals surface area contributed by atoms with Crippen LogP contribution in [0.1, 0.15) is 29.5 Å². The Hall–Kier alpha value is -0.980. The first kappa shape index (κ1) is 18.1. The maximum Gasteiger partial charge on any atom is 0.195 e. The van der Waals surface area contributed by atoms with Gasteiger partial charge in [-0.25, -0.2) is 4.99 Å². The molecule has 4 nitrogen and oxygen atoms in total. The number of rotatable bonds is 2. The number of aryl methyl sites for hydroxylation is 1. The van der Waals surface area contributed by atoms with Gasteiger partial charge in [-0.05, 0) is 42.9 Å². The summed E-state index contributed by atoms with van der Waals surface area (Å²) in [5.41, 5.74) is 3.70. The first-order valence-electron chi connectivity index (χ1n) is 7.22. The second kappa shape index (κ2) is 7.87. The smallest absolute Gasteiger partial charge is 0.195 e. The van der Waals surface area contributed by atoms with E-state index in [2.05, 4.69) is 11.1 Å². The van der Waals surface area contributed by atoms with Gasteiger partial charge < -0.3 is 14.9 Å². The first-order valence-corrected chi connectivity index (χ1v) is 7.22. The third-order valence-corrected chi connectivity index (χ3v) is 3.80. The topological polar surface area (TPSA) is 39.1 Å². The highest BCUT2D eigenvalue weighted by Gasteiger charge is 2.16. The summed E-state index contributed by atoms with van der Waals surface area (Å²) in [4.78, 5) is 8.66. The zero-order valence-corrected chi connectivity index (χ0v) is 15.7. The molecule has 0 saturated heterocycles. The minimum atomic E-state index is 0. The molecule has 0 saturated carbocycles. The highest BCUT2D eigenvalue weighted by atomic mass is 127. The van der Waals surface area contributed by atoms with Crippen molar-refractivity contribution in [2.24, 2.45) is 4.99 Å². The zero-order chi connectivity index (χ0) is 14.7. The molecule has 118 valence electrons. The molecule has 1 aliphatic rings. The molecule has 1 aliphatic carbocycles. The molecule has 0 fully saturated rings. The number of hydrogen-bond acceptors (Lipinski definition) is 2. The molecule has 5 heteroatoms. The SMILES string of the molecule is CN(C)C(=NCc1c(O)ccc2c1CCCC2)N(C)C.I. The Morgan fingerprint density at radius 2 is 1.71 bits per heavy atom. The summed E-state index contributed by atoms with van der Waals surface area (Å²) in [6, 6.07) is 3.88. The van der Waals surface area contributed by atoms with E-state index in [9.17, 15) is 5.11 Å². The minimum Gasteiger partial charge on any atom is -0.508 e. The number of benzene rings is 1. The fourth-order valence-electron chi connectivity index (χ4n) is 2.90. The number of phenolic OH excluding ortho intramolecular Hbond substituents is 1.